The van der Waals surface area contributed by atoms with Gasteiger partial charge in [0.15, 0.2) is 0 Å². The minimum absolute atomic E-state index is 0.114. The number of aryl methyl sites for hydroxylation is 1. The lowest BCUT2D eigenvalue weighted by molar-refractivity contribution is 0.0996. The Morgan fingerprint density at radius 2 is 1.14 bits per heavy atom. The highest BCUT2D eigenvalue weighted by Crippen LogP contribution is 2.31. The van der Waals surface area contributed by atoms with Crippen LogP contribution in [0.5, 0.6) is 17.2 Å². The quantitative estimate of drug-likeness (QED) is 0.174. The molecule has 10 heteroatoms. The van der Waals surface area contributed by atoms with Crippen LogP contribution in [0.4, 0.5) is 11.4 Å². The maximum atomic E-state index is 13.3. The lowest BCUT2D eigenvalue weighted by atomic mass is 10.1. The second-order valence-electron chi connectivity index (χ2n) is 10.7. The number of primary amides is 1. The third-order valence-corrected chi connectivity index (χ3v) is 5.95. The van der Waals surface area contributed by atoms with Gasteiger partial charge in [0.05, 0.1) is 31.2 Å². The molecule has 0 aliphatic rings. The van der Waals surface area contributed by atoms with Crippen molar-refractivity contribution in [3.05, 3.63) is 76.9 Å². The van der Waals surface area contributed by atoms with E-state index in [9.17, 15) is 14.4 Å². The van der Waals surface area contributed by atoms with Gasteiger partial charge in [0.2, 0.25) is 5.91 Å². The van der Waals surface area contributed by atoms with E-state index in [2.05, 4.69) is 10.6 Å². The van der Waals surface area contributed by atoms with E-state index >= 15 is 0 Å². The van der Waals surface area contributed by atoms with Gasteiger partial charge in [0, 0.05) is 16.7 Å². The van der Waals surface area contributed by atoms with E-state index in [0.29, 0.717) is 47.4 Å². The van der Waals surface area contributed by atoms with Crippen molar-refractivity contribution in [1.29, 1.82) is 0 Å². The van der Waals surface area contributed by atoms with Crippen LogP contribution in [0.15, 0.2) is 54.6 Å². The van der Waals surface area contributed by atoms with E-state index in [1.165, 1.54) is 12.1 Å². The van der Waals surface area contributed by atoms with Crippen molar-refractivity contribution >= 4 is 29.1 Å². The highest BCUT2D eigenvalue weighted by Gasteiger charge is 2.18. The van der Waals surface area contributed by atoms with Gasteiger partial charge in [0.1, 0.15) is 23.9 Å². The van der Waals surface area contributed by atoms with E-state index in [1.54, 1.807) is 42.5 Å². The third-order valence-electron chi connectivity index (χ3n) is 5.95. The van der Waals surface area contributed by atoms with Crippen LogP contribution >= 0.6 is 0 Å². The highest BCUT2D eigenvalue weighted by atomic mass is 16.5. The first-order valence-electron chi connectivity index (χ1n) is 14.8. The number of amides is 3. The molecule has 0 fully saturated rings. The topological polar surface area (TPSA) is 149 Å². The summed E-state index contributed by atoms with van der Waals surface area (Å²) in [5, 5.41) is 14.8. The molecule has 0 saturated carbocycles. The maximum absolute atomic E-state index is 13.3. The van der Waals surface area contributed by atoms with Crippen LogP contribution in [0, 0.1) is 18.8 Å². The summed E-state index contributed by atoms with van der Waals surface area (Å²) in [5.41, 5.74) is 7.94. The summed E-state index contributed by atoms with van der Waals surface area (Å²) in [5.74, 6) is 0.132. The van der Waals surface area contributed by atoms with Gasteiger partial charge >= 0.3 is 0 Å². The summed E-state index contributed by atoms with van der Waals surface area (Å²) in [4.78, 5) is 38.1. The molecule has 0 aromatic heterocycles. The van der Waals surface area contributed by atoms with Gasteiger partial charge in [-0.2, -0.15) is 0 Å². The van der Waals surface area contributed by atoms with Crippen molar-refractivity contribution < 1.29 is 33.7 Å². The SMILES string of the molecule is CC.Cc1ccc(C(=O)Nc2ccc(C(=O)Nc3ccc(C(N)=O)cc3OCC(C)C)cc2OCC(C)C)cc1OCCO. The van der Waals surface area contributed by atoms with Crippen molar-refractivity contribution in [3.8, 4) is 17.2 Å². The molecule has 10 nitrogen and oxygen atoms in total. The van der Waals surface area contributed by atoms with Gasteiger partial charge in [-0.05, 0) is 72.9 Å². The average molecular weight is 608 g/mol. The van der Waals surface area contributed by atoms with E-state index < -0.39 is 17.7 Å². The molecule has 0 atom stereocenters. The number of nitrogens with one attached hydrogen (secondary N) is 2. The van der Waals surface area contributed by atoms with E-state index in [-0.39, 0.29) is 36.2 Å². The number of aliphatic hydroxyl groups is 1. The van der Waals surface area contributed by atoms with Crippen molar-refractivity contribution in [1.82, 2.24) is 0 Å². The van der Waals surface area contributed by atoms with Crippen molar-refractivity contribution in [2.45, 2.75) is 48.5 Å². The number of ether oxygens (including phenoxy) is 3. The Kier molecular flexibility index (Phi) is 14.2. The van der Waals surface area contributed by atoms with Crippen LogP contribution in [0.25, 0.3) is 0 Å². The zero-order valence-corrected chi connectivity index (χ0v) is 26.7. The van der Waals surface area contributed by atoms with Crippen molar-refractivity contribution in [2.24, 2.45) is 17.6 Å². The minimum Gasteiger partial charge on any atom is -0.491 e. The zero-order valence-electron chi connectivity index (χ0n) is 26.7. The van der Waals surface area contributed by atoms with Crippen LogP contribution in [0.3, 0.4) is 0 Å². The average Bonchev–Trinajstić information content (AvgIpc) is 3.00. The highest BCUT2D eigenvalue weighted by molar-refractivity contribution is 6.08. The van der Waals surface area contributed by atoms with E-state index in [4.69, 9.17) is 25.1 Å². The predicted octanol–water partition coefficient (Wildman–Crippen LogP) is 6.07. The molecule has 0 spiro atoms. The van der Waals surface area contributed by atoms with Crippen LogP contribution in [-0.4, -0.2) is 49.3 Å². The van der Waals surface area contributed by atoms with Crippen LogP contribution in [-0.2, 0) is 0 Å². The lowest BCUT2D eigenvalue weighted by Crippen LogP contribution is -2.17. The molecule has 3 rings (SSSR count). The van der Waals surface area contributed by atoms with Gasteiger partial charge in [-0.15, -0.1) is 0 Å². The molecular formula is C34H45N3O7. The minimum atomic E-state index is -0.605. The van der Waals surface area contributed by atoms with Gasteiger partial charge in [-0.1, -0.05) is 47.6 Å². The Bertz CT molecular complexity index is 1420. The fourth-order valence-corrected chi connectivity index (χ4v) is 3.74. The van der Waals surface area contributed by atoms with Crippen LogP contribution in [0.2, 0.25) is 0 Å². The van der Waals surface area contributed by atoms with Gasteiger partial charge in [-0.3, -0.25) is 14.4 Å². The Balaban J connectivity index is 0.00000330. The van der Waals surface area contributed by atoms with Gasteiger partial charge < -0.3 is 35.7 Å². The van der Waals surface area contributed by atoms with E-state index in [1.807, 2.05) is 48.5 Å². The second kappa shape index (κ2) is 17.5. The molecule has 3 aromatic carbocycles. The van der Waals surface area contributed by atoms with Crippen LogP contribution in [0.1, 0.15) is 78.2 Å². The molecule has 0 heterocycles. The summed E-state index contributed by atoms with van der Waals surface area (Å²) in [6, 6.07) is 14.4. The molecular weight excluding hydrogens is 562 g/mol. The Morgan fingerprint density at radius 3 is 1.59 bits per heavy atom. The summed E-state index contributed by atoms with van der Waals surface area (Å²) < 4.78 is 17.3. The first-order valence-corrected chi connectivity index (χ1v) is 14.8. The molecule has 44 heavy (non-hydrogen) atoms. The number of carbonyl (C=O) groups excluding carboxylic acids is 3. The molecule has 0 aliphatic carbocycles. The predicted molar refractivity (Wildman–Crippen MR) is 173 cm³/mol. The van der Waals surface area contributed by atoms with Gasteiger partial charge in [0.25, 0.3) is 11.8 Å². The molecule has 0 saturated heterocycles. The molecule has 238 valence electrons. The monoisotopic (exact) mass is 607 g/mol. The number of rotatable bonds is 14. The molecule has 5 N–H and O–H groups in total. The van der Waals surface area contributed by atoms with Crippen LogP contribution < -0.4 is 30.6 Å². The fourth-order valence-electron chi connectivity index (χ4n) is 3.74. The molecule has 3 amide bonds. The fraction of sp³-hybridized carbons (Fsp3) is 0.382. The number of carbonyl (C=O) groups is 3. The standard InChI is InChI=1S/C32H39N3O7.C2H6/c1-19(2)17-41-28-14-22(30(33)37)8-10-25(28)34-32(39)24-9-11-26(29(16-24)42-18-20(3)4)35-31(38)23-7-6-21(5)27(15-23)40-13-12-36;1-2/h6-11,14-16,19-20,36H,12-13,17-18H2,1-5H3,(H2,33,37)(H,34,39)(H,35,38);1-2H3. The molecule has 0 radical (unpaired) electrons. The summed E-state index contributed by atoms with van der Waals surface area (Å²) in [7, 11) is 0. The first kappa shape index (κ1) is 35.6. The summed E-state index contributed by atoms with van der Waals surface area (Å²) in [6.45, 7) is 14.5. The van der Waals surface area contributed by atoms with E-state index in [0.717, 1.165) is 5.56 Å². The zero-order chi connectivity index (χ0) is 32.8. The number of nitrogens with two attached hydrogens (primary N) is 1. The number of anilines is 2. The first-order chi connectivity index (χ1) is 21.0. The Morgan fingerprint density at radius 1 is 0.705 bits per heavy atom. The third kappa shape index (κ3) is 10.6. The molecule has 0 bridgehead atoms. The summed E-state index contributed by atoms with van der Waals surface area (Å²) in [6.07, 6.45) is 0. The number of aliphatic hydroxyl groups excluding tert-OH is 1. The van der Waals surface area contributed by atoms with Gasteiger partial charge in [-0.25, -0.2) is 0 Å². The Labute approximate surface area is 259 Å². The Hall–Kier alpha value is -4.57. The number of hydrogen-bond acceptors (Lipinski definition) is 7. The molecule has 3 aromatic rings. The number of benzene rings is 3. The molecule has 0 aliphatic heterocycles. The summed E-state index contributed by atoms with van der Waals surface area (Å²) >= 11 is 0. The van der Waals surface area contributed by atoms with Crippen molar-refractivity contribution in [3.63, 3.8) is 0 Å². The van der Waals surface area contributed by atoms with Crippen molar-refractivity contribution in [2.75, 3.05) is 37.1 Å². The number of hydrogen-bond donors (Lipinski definition) is 4. The smallest absolute Gasteiger partial charge is 0.255 e. The maximum Gasteiger partial charge on any atom is 0.255 e. The lowest BCUT2D eigenvalue weighted by Gasteiger charge is -2.17. The normalized spacial score (nSPS) is 10.5. The molecule has 0 unspecified atom stereocenters. The largest absolute Gasteiger partial charge is 0.491 e. The second-order valence-corrected chi connectivity index (χ2v) is 10.7.